The Labute approximate surface area is 97.6 Å². The minimum atomic E-state index is -0.362. The molecule has 2 aliphatic heterocycles. The van der Waals surface area contributed by atoms with E-state index in [-0.39, 0.29) is 5.79 Å². The zero-order valence-corrected chi connectivity index (χ0v) is 10.3. The molecule has 0 saturated carbocycles. The molecule has 2 saturated heterocycles. The van der Waals surface area contributed by atoms with Crippen LogP contribution < -0.4 is 5.32 Å². The summed E-state index contributed by atoms with van der Waals surface area (Å²) in [6.45, 7) is 8.46. The number of rotatable bonds is 5. The fourth-order valence-corrected chi connectivity index (χ4v) is 2.34. The van der Waals surface area contributed by atoms with Crippen molar-refractivity contribution in [1.82, 2.24) is 5.32 Å². The molecule has 16 heavy (non-hydrogen) atoms. The maximum atomic E-state index is 5.56. The number of hydrogen-bond acceptors (Lipinski definition) is 4. The van der Waals surface area contributed by atoms with Crippen molar-refractivity contribution in [3.63, 3.8) is 0 Å². The highest BCUT2D eigenvalue weighted by atomic mass is 16.7. The molecule has 0 aromatic heterocycles. The molecule has 2 fully saturated rings. The topological polar surface area (TPSA) is 39.7 Å². The molecule has 0 spiro atoms. The van der Waals surface area contributed by atoms with Gasteiger partial charge in [-0.25, -0.2) is 0 Å². The third kappa shape index (κ3) is 3.17. The summed E-state index contributed by atoms with van der Waals surface area (Å²) < 4.78 is 16.5. The average molecular weight is 229 g/mol. The van der Waals surface area contributed by atoms with E-state index in [1.165, 1.54) is 6.42 Å². The van der Waals surface area contributed by atoms with E-state index in [1.807, 2.05) is 6.92 Å². The second kappa shape index (κ2) is 5.45. The maximum Gasteiger partial charge on any atom is 0.166 e. The van der Waals surface area contributed by atoms with Crippen molar-refractivity contribution in [2.45, 2.75) is 38.5 Å². The molecular formula is C12H23NO3. The highest BCUT2D eigenvalue weighted by Gasteiger charge is 2.30. The number of ether oxygens (including phenoxy) is 3. The van der Waals surface area contributed by atoms with Gasteiger partial charge in [-0.05, 0) is 26.2 Å². The molecule has 2 heterocycles. The van der Waals surface area contributed by atoms with Crippen LogP contribution >= 0.6 is 0 Å². The van der Waals surface area contributed by atoms with E-state index in [2.05, 4.69) is 12.2 Å². The van der Waals surface area contributed by atoms with Gasteiger partial charge in [-0.3, -0.25) is 0 Å². The molecule has 0 aromatic rings. The van der Waals surface area contributed by atoms with Crippen molar-refractivity contribution in [1.29, 1.82) is 0 Å². The summed E-state index contributed by atoms with van der Waals surface area (Å²) in [6.07, 6.45) is 2.09. The Balaban J connectivity index is 1.63. The van der Waals surface area contributed by atoms with E-state index in [0.717, 1.165) is 39.4 Å². The summed E-state index contributed by atoms with van der Waals surface area (Å²) in [5, 5.41) is 3.54. The van der Waals surface area contributed by atoms with E-state index in [0.29, 0.717) is 12.0 Å². The molecule has 0 aromatic carbocycles. The van der Waals surface area contributed by atoms with Crippen molar-refractivity contribution in [3.8, 4) is 0 Å². The number of hydrogen-bond donors (Lipinski definition) is 1. The average Bonchev–Trinajstić information content (AvgIpc) is 2.88. The lowest BCUT2D eigenvalue weighted by atomic mass is 10.0. The first-order valence-electron chi connectivity index (χ1n) is 6.29. The van der Waals surface area contributed by atoms with Gasteiger partial charge < -0.3 is 19.5 Å². The van der Waals surface area contributed by atoms with Crippen LogP contribution in [0, 0.1) is 5.92 Å². The molecule has 1 N–H and O–H groups in total. The zero-order chi connectivity index (χ0) is 11.4. The van der Waals surface area contributed by atoms with Gasteiger partial charge in [-0.1, -0.05) is 0 Å². The fraction of sp³-hybridized carbons (Fsp3) is 1.00. The van der Waals surface area contributed by atoms with Crippen LogP contribution in [-0.4, -0.2) is 44.8 Å². The van der Waals surface area contributed by atoms with E-state index in [9.17, 15) is 0 Å². The molecule has 2 aliphatic rings. The molecule has 2 atom stereocenters. The monoisotopic (exact) mass is 229 g/mol. The van der Waals surface area contributed by atoms with Crippen LogP contribution in [-0.2, 0) is 14.2 Å². The molecular weight excluding hydrogens is 206 g/mol. The Hall–Kier alpha value is -0.160. The van der Waals surface area contributed by atoms with Crippen LogP contribution in [0.5, 0.6) is 0 Å². The Kier molecular flexibility index (Phi) is 4.19. The third-order valence-electron chi connectivity index (χ3n) is 3.62. The lowest BCUT2D eigenvalue weighted by Crippen LogP contribution is -2.38. The van der Waals surface area contributed by atoms with Crippen LogP contribution in [0.3, 0.4) is 0 Å². The summed E-state index contributed by atoms with van der Waals surface area (Å²) in [4.78, 5) is 0. The van der Waals surface area contributed by atoms with Crippen molar-refractivity contribution in [2.24, 2.45) is 5.92 Å². The van der Waals surface area contributed by atoms with Gasteiger partial charge in [0.1, 0.15) is 0 Å². The normalized spacial score (nSPS) is 30.8. The molecule has 0 bridgehead atoms. The Morgan fingerprint density at radius 3 is 2.69 bits per heavy atom. The standard InChI is InChI=1S/C12H23NO3/c1-10(11-3-6-14-9-11)13-5-4-12(2)15-7-8-16-12/h10-11,13H,3-9H2,1-2H3. The van der Waals surface area contributed by atoms with E-state index < -0.39 is 0 Å². The van der Waals surface area contributed by atoms with Crippen LogP contribution in [0.4, 0.5) is 0 Å². The fourth-order valence-electron chi connectivity index (χ4n) is 2.34. The van der Waals surface area contributed by atoms with Crippen LogP contribution in [0.15, 0.2) is 0 Å². The molecule has 4 heteroatoms. The molecule has 2 rings (SSSR count). The maximum absolute atomic E-state index is 5.56. The van der Waals surface area contributed by atoms with E-state index in [4.69, 9.17) is 14.2 Å². The van der Waals surface area contributed by atoms with Gasteiger partial charge in [0, 0.05) is 25.6 Å². The first kappa shape index (κ1) is 12.3. The minimum Gasteiger partial charge on any atom is -0.381 e. The highest BCUT2D eigenvalue weighted by molar-refractivity contribution is 4.77. The second-order valence-electron chi connectivity index (χ2n) is 4.95. The SMILES string of the molecule is CC(NCCC1(C)OCCO1)C1CCOC1. The predicted octanol–water partition coefficient (Wildman–Crippen LogP) is 1.15. The van der Waals surface area contributed by atoms with E-state index in [1.54, 1.807) is 0 Å². The molecule has 0 aliphatic carbocycles. The van der Waals surface area contributed by atoms with Gasteiger partial charge in [0.05, 0.1) is 19.8 Å². The Bertz CT molecular complexity index is 210. The molecule has 4 nitrogen and oxygen atoms in total. The van der Waals surface area contributed by atoms with Crippen molar-refractivity contribution in [3.05, 3.63) is 0 Å². The molecule has 0 radical (unpaired) electrons. The summed E-state index contributed by atoms with van der Waals surface area (Å²) in [6, 6.07) is 0.521. The first-order chi connectivity index (χ1) is 7.70. The molecule has 2 unspecified atom stereocenters. The lowest BCUT2D eigenvalue weighted by molar-refractivity contribution is -0.145. The van der Waals surface area contributed by atoms with E-state index >= 15 is 0 Å². The van der Waals surface area contributed by atoms with Crippen molar-refractivity contribution in [2.75, 3.05) is 33.0 Å². The van der Waals surface area contributed by atoms with Crippen LogP contribution in [0.1, 0.15) is 26.7 Å². The quantitative estimate of drug-likeness (QED) is 0.768. The summed E-state index contributed by atoms with van der Waals surface area (Å²) in [5.41, 5.74) is 0. The van der Waals surface area contributed by atoms with Gasteiger partial charge >= 0.3 is 0 Å². The summed E-state index contributed by atoms with van der Waals surface area (Å²) in [5.74, 6) is 0.303. The largest absolute Gasteiger partial charge is 0.381 e. The second-order valence-corrected chi connectivity index (χ2v) is 4.95. The molecule has 94 valence electrons. The third-order valence-corrected chi connectivity index (χ3v) is 3.62. The van der Waals surface area contributed by atoms with Gasteiger partial charge in [-0.2, -0.15) is 0 Å². The Morgan fingerprint density at radius 1 is 1.31 bits per heavy atom. The van der Waals surface area contributed by atoms with Crippen molar-refractivity contribution >= 4 is 0 Å². The molecule has 0 amide bonds. The van der Waals surface area contributed by atoms with Gasteiger partial charge in [0.2, 0.25) is 0 Å². The summed E-state index contributed by atoms with van der Waals surface area (Å²) >= 11 is 0. The first-order valence-corrected chi connectivity index (χ1v) is 6.29. The zero-order valence-electron chi connectivity index (χ0n) is 10.3. The minimum absolute atomic E-state index is 0.362. The summed E-state index contributed by atoms with van der Waals surface area (Å²) in [7, 11) is 0. The number of nitrogens with one attached hydrogen (secondary N) is 1. The van der Waals surface area contributed by atoms with Crippen LogP contribution in [0.2, 0.25) is 0 Å². The lowest BCUT2D eigenvalue weighted by Gasteiger charge is -2.25. The van der Waals surface area contributed by atoms with Gasteiger partial charge in [0.15, 0.2) is 5.79 Å². The van der Waals surface area contributed by atoms with Crippen molar-refractivity contribution < 1.29 is 14.2 Å². The van der Waals surface area contributed by atoms with Gasteiger partial charge in [0.25, 0.3) is 0 Å². The van der Waals surface area contributed by atoms with Crippen LogP contribution in [0.25, 0.3) is 0 Å². The smallest absolute Gasteiger partial charge is 0.166 e. The highest BCUT2D eigenvalue weighted by Crippen LogP contribution is 2.22. The predicted molar refractivity (Wildman–Crippen MR) is 61.3 cm³/mol. The Morgan fingerprint density at radius 2 is 2.06 bits per heavy atom. The van der Waals surface area contributed by atoms with Gasteiger partial charge in [-0.15, -0.1) is 0 Å².